The lowest BCUT2D eigenvalue weighted by Gasteiger charge is -2.14. The first-order chi connectivity index (χ1) is 13.9. The Balaban J connectivity index is 2.00. The van der Waals surface area contributed by atoms with Gasteiger partial charge in [0.1, 0.15) is 11.3 Å². The first-order valence-corrected chi connectivity index (χ1v) is 8.21. The Kier molecular flexibility index (Phi) is 5.35. The highest BCUT2D eigenvalue weighted by Crippen LogP contribution is 2.38. The molecule has 1 amide bonds. The Labute approximate surface area is 163 Å². The predicted molar refractivity (Wildman–Crippen MR) is 103 cm³/mol. The number of rotatable bonds is 6. The fraction of sp³-hybridized carbons (Fsp3) is 0.158. The number of nitrogens with zero attached hydrogens (tertiary/aromatic N) is 1. The molecule has 0 aliphatic heterocycles. The Morgan fingerprint density at radius 2 is 1.69 bits per heavy atom. The van der Waals surface area contributed by atoms with Crippen LogP contribution < -0.4 is 25.2 Å². The lowest BCUT2D eigenvalue weighted by molar-refractivity contribution is -0.384. The number of hydrogen-bond donors (Lipinski definition) is 1. The van der Waals surface area contributed by atoms with Crippen LogP contribution in [0, 0.1) is 10.1 Å². The van der Waals surface area contributed by atoms with Gasteiger partial charge in [-0.1, -0.05) is 0 Å². The molecule has 1 N–H and O–H groups in total. The molecule has 0 aliphatic rings. The van der Waals surface area contributed by atoms with E-state index in [1.807, 2.05) is 0 Å². The standard InChI is InChI=1S/C19H16N2O8/c1-26-15-8-11(9-16(27-2)17(15)28-3)18(22)20-13-7-10-6-12(21(24)25)4-5-14(10)29-19(13)23/h4-9H,1-3H3,(H,20,22). The van der Waals surface area contributed by atoms with Crippen molar-refractivity contribution in [1.29, 1.82) is 0 Å². The molecule has 10 nitrogen and oxygen atoms in total. The summed E-state index contributed by atoms with van der Waals surface area (Å²) in [6, 6.07) is 7.94. The topological polar surface area (TPSA) is 130 Å². The van der Waals surface area contributed by atoms with Gasteiger partial charge in [-0.3, -0.25) is 14.9 Å². The summed E-state index contributed by atoms with van der Waals surface area (Å²) in [4.78, 5) is 35.2. The average Bonchev–Trinajstić information content (AvgIpc) is 2.72. The van der Waals surface area contributed by atoms with Gasteiger partial charge in [-0.15, -0.1) is 0 Å². The Morgan fingerprint density at radius 1 is 1.03 bits per heavy atom. The van der Waals surface area contributed by atoms with E-state index in [0.29, 0.717) is 11.1 Å². The third-order valence-corrected chi connectivity index (χ3v) is 4.10. The van der Waals surface area contributed by atoms with Crippen molar-refractivity contribution in [2.75, 3.05) is 26.6 Å². The van der Waals surface area contributed by atoms with Gasteiger partial charge in [0.25, 0.3) is 11.6 Å². The highest BCUT2D eigenvalue weighted by atomic mass is 16.6. The van der Waals surface area contributed by atoms with Gasteiger partial charge in [-0.2, -0.15) is 0 Å². The molecule has 1 heterocycles. The first-order valence-electron chi connectivity index (χ1n) is 8.21. The minimum absolute atomic E-state index is 0.137. The number of amides is 1. The third kappa shape index (κ3) is 3.81. The van der Waals surface area contributed by atoms with Gasteiger partial charge in [0.2, 0.25) is 5.75 Å². The summed E-state index contributed by atoms with van der Waals surface area (Å²) in [5.74, 6) is 0.196. The van der Waals surface area contributed by atoms with E-state index in [1.165, 1.54) is 57.7 Å². The van der Waals surface area contributed by atoms with Gasteiger partial charge in [-0.05, 0) is 24.3 Å². The number of benzene rings is 2. The number of ether oxygens (including phenoxy) is 3. The Morgan fingerprint density at radius 3 is 2.24 bits per heavy atom. The molecule has 0 aliphatic carbocycles. The number of hydrogen-bond acceptors (Lipinski definition) is 8. The number of carbonyl (C=O) groups excluding carboxylic acids is 1. The normalized spacial score (nSPS) is 10.4. The van der Waals surface area contributed by atoms with Gasteiger partial charge in [0, 0.05) is 23.1 Å². The number of anilines is 1. The molecule has 0 saturated heterocycles. The van der Waals surface area contributed by atoms with Crippen molar-refractivity contribution in [3.63, 3.8) is 0 Å². The van der Waals surface area contributed by atoms with Crippen molar-refractivity contribution in [2.45, 2.75) is 0 Å². The van der Waals surface area contributed by atoms with Crippen LogP contribution in [0.5, 0.6) is 17.2 Å². The SMILES string of the molecule is COc1cc(C(=O)Nc2cc3cc([N+](=O)[O-])ccc3oc2=O)cc(OC)c1OC. The number of methoxy groups -OCH3 is 3. The number of fused-ring (bicyclic) bond motifs is 1. The average molecular weight is 400 g/mol. The van der Waals surface area contributed by atoms with E-state index < -0.39 is 16.5 Å². The van der Waals surface area contributed by atoms with E-state index in [9.17, 15) is 19.7 Å². The zero-order chi connectivity index (χ0) is 21.1. The van der Waals surface area contributed by atoms with E-state index in [4.69, 9.17) is 18.6 Å². The quantitative estimate of drug-likeness (QED) is 0.380. The van der Waals surface area contributed by atoms with Crippen LogP contribution in [0.4, 0.5) is 11.4 Å². The molecule has 29 heavy (non-hydrogen) atoms. The molecule has 10 heteroatoms. The lowest BCUT2D eigenvalue weighted by Crippen LogP contribution is -2.18. The van der Waals surface area contributed by atoms with Crippen LogP contribution in [0.25, 0.3) is 11.0 Å². The van der Waals surface area contributed by atoms with Gasteiger partial charge in [0.15, 0.2) is 11.5 Å². The summed E-state index contributed by atoms with van der Waals surface area (Å²) in [7, 11) is 4.24. The second-order valence-electron chi connectivity index (χ2n) is 5.79. The minimum atomic E-state index is -0.799. The second-order valence-corrected chi connectivity index (χ2v) is 5.79. The van der Waals surface area contributed by atoms with Crippen molar-refractivity contribution in [2.24, 2.45) is 0 Å². The van der Waals surface area contributed by atoms with E-state index in [0.717, 1.165) is 0 Å². The minimum Gasteiger partial charge on any atom is -0.493 e. The maximum Gasteiger partial charge on any atom is 0.360 e. The molecule has 0 saturated carbocycles. The molecule has 0 radical (unpaired) electrons. The van der Waals surface area contributed by atoms with Crippen LogP contribution in [0.3, 0.4) is 0 Å². The van der Waals surface area contributed by atoms with Gasteiger partial charge < -0.3 is 23.9 Å². The lowest BCUT2D eigenvalue weighted by atomic mass is 10.1. The molecule has 0 spiro atoms. The van der Waals surface area contributed by atoms with E-state index >= 15 is 0 Å². The monoisotopic (exact) mass is 400 g/mol. The molecular formula is C19H16N2O8. The summed E-state index contributed by atoms with van der Waals surface area (Å²) >= 11 is 0. The summed E-state index contributed by atoms with van der Waals surface area (Å²) in [5, 5.41) is 13.7. The zero-order valence-corrected chi connectivity index (χ0v) is 15.7. The number of nitro benzene ring substituents is 1. The molecule has 0 unspecified atom stereocenters. The van der Waals surface area contributed by atoms with Crippen molar-refractivity contribution in [3.05, 3.63) is 62.5 Å². The Hall–Kier alpha value is -4.08. The second kappa shape index (κ2) is 7.89. The van der Waals surface area contributed by atoms with Gasteiger partial charge in [-0.25, -0.2) is 4.79 Å². The highest BCUT2D eigenvalue weighted by Gasteiger charge is 2.19. The predicted octanol–water partition coefficient (Wildman–Crippen LogP) is 2.98. The van der Waals surface area contributed by atoms with Crippen LogP contribution >= 0.6 is 0 Å². The molecule has 1 aromatic heterocycles. The van der Waals surface area contributed by atoms with E-state index in [1.54, 1.807) is 0 Å². The number of carbonyl (C=O) groups is 1. The molecule has 0 fully saturated rings. The third-order valence-electron chi connectivity index (χ3n) is 4.10. The fourth-order valence-corrected chi connectivity index (χ4v) is 2.72. The van der Waals surface area contributed by atoms with Crippen LogP contribution in [0.2, 0.25) is 0 Å². The number of nitrogens with one attached hydrogen (secondary N) is 1. The van der Waals surface area contributed by atoms with Crippen LogP contribution in [-0.2, 0) is 0 Å². The van der Waals surface area contributed by atoms with Crippen LogP contribution in [0.1, 0.15) is 10.4 Å². The fourth-order valence-electron chi connectivity index (χ4n) is 2.72. The molecular weight excluding hydrogens is 384 g/mol. The first kappa shape index (κ1) is 19.7. The summed E-state index contributed by atoms with van der Waals surface area (Å²) in [6.45, 7) is 0. The zero-order valence-electron chi connectivity index (χ0n) is 15.7. The van der Waals surface area contributed by atoms with Crippen molar-refractivity contribution >= 4 is 28.3 Å². The van der Waals surface area contributed by atoms with E-state index in [2.05, 4.69) is 5.32 Å². The largest absolute Gasteiger partial charge is 0.493 e. The van der Waals surface area contributed by atoms with Gasteiger partial charge >= 0.3 is 5.63 Å². The maximum absolute atomic E-state index is 12.7. The molecule has 0 bridgehead atoms. The van der Waals surface area contributed by atoms with Crippen molar-refractivity contribution in [1.82, 2.24) is 0 Å². The van der Waals surface area contributed by atoms with Gasteiger partial charge in [0.05, 0.1) is 26.3 Å². The summed E-state index contributed by atoms with van der Waals surface area (Å²) in [5.41, 5.74) is -0.846. The van der Waals surface area contributed by atoms with Crippen LogP contribution in [-0.4, -0.2) is 32.2 Å². The molecule has 2 aromatic carbocycles. The summed E-state index contributed by atoms with van der Waals surface area (Å²) in [6.07, 6.45) is 0. The molecule has 150 valence electrons. The molecule has 3 aromatic rings. The Bertz CT molecular complexity index is 1140. The van der Waals surface area contributed by atoms with Crippen molar-refractivity contribution in [3.8, 4) is 17.2 Å². The number of non-ortho nitro benzene ring substituents is 1. The smallest absolute Gasteiger partial charge is 0.360 e. The maximum atomic E-state index is 12.7. The van der Waals surface area contributed by atoms with Crippen molar-refractivity contribution < 1.29 is 28.3 Å². The summed E-state index contributed by atoms with van der Waals surface area (Å²) < 4.78 is 20.8. The molecule has 0 atom stereocenters. The van der Waals surface area contributed by atoms with E-state index in [-0.39, 0.29) is 34.0 Å². The number of nitro groups is 1. The highest BCUT2D eigenvalue weighted by molar-refractivity contribution is 6.05. The van der Waals surface area contributed by atoms with Crippen LogP contribution in [0.15, 0.2) is 45.6 Å². The molecule has 3 rings (SSSR count).